The third-order valence-electron chi connectivity index (χ3n) is 2.28. The van der Waals surface area contributed by atoms with Gasteiger partial charge >= 0.3 is 5.97 Å². The molecule has 4 nitrogen and oxygen atoms in total. The second kappa shape index (κ2) is 4.94. The van der Waals surface area contributed by atoms with Gasteiger partial charge in [0.05, 0.1) is 13.5 Å². The van der Waals surface area contributed by atoms with Crippen LogP contribution in [0.5, 0.6) is 5.75 Å². The number of hydrogen-bond donors (Lipinski definition) is 2. The highest BCUT2D eigenvalue weighted by Crippen LogP contribution is 2.26. The fraction of sp³-hybridized carbons (Fsp3) is 0.364. The molecule has 0 bridgehead atoms. The molecule has 0 saturated heterocycles. The van der Waals surface area contributed by atoms with Crippen molar-refractivity contribution in [3.05, 3.63) is 29.1 Å². The van der Waals surface area contributed by atoms with Gasteiger partial charge in [0.1, 0.15) is 0 Å². The molecule has 0 radical (unpaired) electrons. The number of carboxylic acid groups (broad SMARTS) is 1. The largest absolute Gasteiger partial charge is 0.493 e. The maximum absolute atomic E-state index is 13.5. The van der Waals surface area contributed by atoms with E-state index in [2.05, 4.69) is 0 Å². The molecule has 88 valence electrons. The van der Waals surface area contributed by atoms with E-state index in [4.69, 9.17) is 15.6 Å². The number of carboxylic acids is 1. The fourth-order valence-electron chi connectivity index (χ4n) is 1.54. The highest BCUT2D eigenvalue weighted by molar-refractivity contribution is 5.68. The number of ether oxygens (including phenoxy) is 1. The third kappa shape index (κ3) is 2.70. The van der Waals surface area contributed by atoms with Crippen molar-refractivity contribution in [3.8, 4) is 5.75 Å². The van der Waals surface area contributed by atoms with E-state index in [0.717, 1.165) is 0 Å². The van der Waals surface area contributed by atoms with Crippen molar-refractivity contribution >= 4 is 5.97 Å². The number of rotatable bonds is 4. The zero-order valence-corrected chi connectivity index (χ0v) is 9.16. The summed E-state index contributed by atoms with van der Waals surface area (Å²) in [5.74, 6) is -1.38. The van der Waals surface area contributed by atoms with Gasteiger partial charge in [-0.3, -0.25) is 4.79 Å². The average Bonchev–Trinajstić information content (AvgIpc) is 2.16. The van der Waals surface area contributed by atoms with Crippen molar-refractivity contribution in [1.82, 2.24) is 0 Å². The molecule has 1 atom stereocenters. The summed E-state index contributed by atoms with van der Waals surface area (Å²) >= 11 is 0. The molecule has 1 aromatic rings. The molecule has 3 N–H and O–H groups in total. The Labute approximate surface area is 92.8 Å². The average molecular weight is 227 g/mol. The number of carbonyl (C=O) groups is 1. The minimum Gasteiger partial charge on any atom is -0.493 e. The molecule has 1 unspecified atom stereocenters. The van der Waals surface area contributed by atoms with Gasteiger partial charge in [-0.15, -0.1) is 0 Å². The van der Waals surface area contributed by atoms with Crippen LogP contribution >= 0.6 is 0 Å². The summed E-state index contributed by atoms with van der Waals surface area (Å²) in [7, 11) is 1.38. The molecule has 0 spiro atoms. The lowest BCUT2D eigenvalue weighted by Crippen LogP contribution is -2.15. The first-order chi connectivity index (χ1) is 7.45. The summed E-state index contributed by atoms with van der Waals surface area (Å²) in [6.07, 6.45) is -0.231. The number of methoxy groups -OCH3 is 1. The molecule has 16 heavy (non-hydrogen) atoms. The van der Waals surface area contributed by atoms with Crippen LogP contribution in [0.3, 0.4) is 0 Å². The minimum atomic E-state index is -1.01. The Morgan fingerprint density at radius 1 is 1.62 bits per heavy atom. The Balaban J connectivity index is 3.03. The summed E-state index contributed by atoms with van der Waals surface area (Å²) in [6, 6.07) is 2.13. The predicted molar refractivity (Wildman–Crippen MR) is 56.9 cm³/mol. The Hall–Kier alpha value is -1.62. The lowest BCUT2D eigenvalue weighted by Gasteiger charge is -2.13. The molecule has 5 heteroatoms. The van der Waals surface area contributed by atoms with Crippen molar-refractivity contribution in [2.75, 3.05) is 7.11 Å². The number of nitrogens with two attached hydrogens (primary N) is 1. The van der Waals surface area contributed by atoms with Crippen molar-refractivity contribution < 1.29 is 19.0 Å². The number of hydrogen-bond acceptors (Lipinski definition) is 3. The quantitative estimate of drug-likeness (QED) is 0.819. The SMILES string of the molecule is COc1c(C)cc(C(N)CC(=O)O)cc1F. The van der Waals surface area contributed by atoms with Crippen LogP contribution in [0, 0.1) is 12.7 Å². The van der Waals surface area contributed by atoms with Crippen LogP contribution < -0.4 is 10.5 Å². The van der Waals surface area contributed by atoms with E-state index in [1.54, 1.807) is 13.0 Å². The fourth-order valence-corrected chi connectivity index (χ4v) is 1.54. The highest BCUT2D eigenvalue weighted by Gasteiger charge is 2.15. The third-order valence-corrected chi connectivity index (χ3v) is 2.28. The van der Waals surface area contributed by atoms with E-state index in [-0.39, 0.29) is 12.2 Å². The predicted octanol–water partition coefficient (Wildman–Crippen LogP) is 1.62. The Morgan fingerprint density at radius 2 is 2.25 bits per heavy atom. The molecule has 0 aliphatic heterocycles. The lowest BCUT2D eigenvalue weighted by molar-refractivity contribution is -0.137. The van der Waals surface area contributed by atoms with Gasteiger partial charge in [-0.05, 0) is 24.1 Å². The second-order valence-electron chi connectivity index (χ2n) is 3.56. The first-order valence-electron chi connectivity index (χ1n) is 4.77. The van der Waals surface area contributed by atoms with Crippen LogP contribution in [-0.4, -0.2) is 18.2 Å². The van der Waals surface area contributed by atoms with Gasteiger partial charge in [-0.2, -0.15) is 0 Å². The zero-order chi connectivity index (χ0) is 12.3. The van der Waals surface area contributed by atoms with Gasteiger partial charge in [-0.1, -0.05) is 6.07 Å². The molecule has 0 saturated carbocycles. The zero-order valence-electron chi connectivity index (χ0n) is 9.16. The molecule has 0 aliphatic carbocycles. The van der Waals surface area contributed by atoms with E-state index >= 15 is 0 Å². The smallest absolute Gasteiger partial charge is 0.305 e. The molecule has 0 aromatic heterocycles. The Bertz CT molecular complexity index is 383. The molecule has 0 heterocycles. The molecular weight excluding hydrogens is 213 g/mol. The van der Waals surface area contributed by atoms with Crippen molar-refractivity contribution in [3.63, 3.8) is 0 Å². The summed E-state index contributed by atoms with van der Waals surface area (Å²) in [5, 5.41) is 8.59. The first kappa shape index (κ1) is 12.4. The standard InChI is InChI=1S/C11H14FNO3/c1-6-3-7(9(13)5-10(14)15)4-8(12)11(6)16-2/h3-4,9H,5,13H2,1-2H3,(H,14,15). The molecule has 0 fully saturated rings. The Kier molecular flexibility index (Phi) is 3.84. The maximum Gasteiger partial charge on any atom is 0.305 e. The maximum atomic E-state index is 13.5. The van der Waals surface area contributed by atoms with Crippen LogP contribution in [0.1, 0.15) is 23.6 Å². The monoisotopic (exact) mass is 227 g/mol. The molecule has 1 rings (SSSR count). The molecule has 1 aromatic carbocycles. The number of aliphatic carboxylic acids is 1. The summed E-state index contributed by atoms with van der Waals surface area (Å²) in [6.45, 7) is 1.68. The van der Waals surface area contributed by atoms with Crippen LogP contribution in [0.15, 0.2) is 12.1 Å². The van der Waals surface area contributed by atoms with Crippen LogP contribution in [0.25, 0.3) is 0 Å². The number of benzene rings is 1. The summed E-state index contributed by atoms with van der Waals surface area (Å²) < 4.78 is 18.3. The van der Waals surface area contributed by atoms with E-state index < -0.39 is 17.8 Å². The first-order valence-corrected chi connectivity index (χ1v) is 4.77. The molecule has 0 aliphatic rings. The van der Waals surface area contributed by atoms with E-state index in [1.165, 1.54) is 13.2 Å². The van der Waals surface area contributed by atoms with Crippen LogP contribution in [0.2, 0.25) is 0 Å². The Morgan fingerprint density at radius 3 is 2.69 bits per heavy atom. The van der Waals surface area contributed by atoms with Crippen LogP contribution in [0.4, 0.5) is 4.39 Å². The molecular formula is C11H14FNO3. The van der Waals surface area contributed by atoms with Gasteiger partial charge in [0, 0.05) is 6.04 Å². The lowest BCUT2D eigenvalue weighted by atomic mass is 10.0. The van der Waals surface area contributed by atoms with Gasteiger partial charge in [-0.25, -0.2) is 4.39 Å². The van der Waals surface area contributed by atoms with E-state index in [0.29, 0.717) is 11.1 Å². The van der Waals surface area contributed by atoms with E-state index in [1.807, 2.05) is 0 Å². The normalized spacial score (nSPS) is 12.2. The van der Waals surface area contributed by atoms with Crippen LogP contribution in [-0.2, 0) is 4.79 Å². The van der Waals surface area contributed by atoms with Gasteiger partial charge in [0.15, 0.2) is 11.6 Å². The van der Waals surface area contributed by atoms with Gasteiger partial charge in [0.25, 0.3) is 0 Å². The molecule has 0 amide bonds. The summed E-state index contributed by atoms with van der Waals surface area (Å²) in [5.41, 5.74) is 6.69. The van der Waals surface area contributed by atoms with E-state index in [9.17, 15) is 9.18 Å². The van der Waals surface area contributed by atoms with Gasteiger partial charge in [0.2, 0.25) is 0 Å². The minimum absolute atomic E-state index is 0.159. The van der Waals surface area contributed by atoms with Crippen molar-refractivity contribution in [2.45, 2.75) is 19.4 Å². The topological polar surface area (TPSA) is 72.5 Å². The highest BCUT2D eigenvalue weighted by atomic mass is 19.1. The summed E-state index contributed by atoms with van der Waals surface area (Å²) in [4.78, 5) is 10.5. The number of aryl methyl sites for hydroxylation is 1. The van der Waals surface area contributed by atoms with Crippen molar-refractivity contribution in [2.24, 2.45) is 5.73 Å². The van der Waals surface area contributed by atoms with Gasteiger partial charge < -0.3 is 15.6 Å². The number of halogens is 1. The second-order valence-corrected chi connectivity index (χ2v) is 3.56. The van der Waals surface area contributed by atoms with Crippen molar-refractivity contribution in [1.29, 1.82) is 0 Å².